The molecule has 0 aromatic rings. The Bertz CT molecular complexity index is 237. The number of carbonyl (C=O) groups is 2. The summed E-state index contributed by atoms with van der Waals surface area (Å²) in [5.41, 5.74) is 0. The Kier molecular flexibility index (Phi) is 3.67. The molecule has 3 heteroatoms. The second-order valence-corrected chi connectivity index (χ2v) is 4.36. The summed E-state index contributed by atoms with van der Waals surface area (Å²) >= 11 is 0. The molecule has 0 aromatic carbocycles. The van der Waals surface area contributed by atoms with E-state index in [9.17, 15) is 9.59 Å². The van der Waals surface area contributed by atoms with E-state index in [4.69, 9.17) is 0 Å². The van der Waals surface area contributed by atoms with Crippen LogP contribution in [0.25, 0.3) is 0 Å². The van der Waals surface area contributed by atoms with Gasteiger partial charge in [-0.2, -0.15) is 0 Å². The van der Waals surface area contributed by atoms with Crippen LogP contribution in [-0.4, -0.2) is 17.7 Å². The van der Waals surface area contributed by atoms with E-state index in [0.717, 1.165) is 19.3 Å². The summed E-state index contributed by atoms with van der Waals surface area (Å²) < 4.78 is 0. The second kappa shape index (κ2) is 4.58. The largest absolute Gasteiger partial charge is 0.346 e. The predicted octanol–water partition coefficient (Wildman–Crippen LogP) is 1.52. The minimum absolute atomic E-state index is 0.0176. The second-order valence-electron chi connectivity index (χ2n) is 4.36. The third kappa shape index (κ3) is 2.56. The van der Waals surface area contributed by atoms with Crippen molar-refractivity contribution >= 4 is 11.7 Å². The molecule has 0 bridgehead atoms. The van der Waals surface area contributed by atoms with Crippen LogP contribution in [0.1, 0.15) is 40.0 Å². The number of hydrogen-bond donors (Lipinski definition) is 1. The minimum Gasteiger partial charge on any atom is -0.346 e. The summed E-state index contributed by atoms with van der Waals surface area (Å²) in [7, 11) is 0. The lowest BCUT2D eigenvalue weighted by Gasteiger charge is -2.17. The summed E-state index contributed by atoms with van der Waals surface area (Å²) in [6, 6.07) is -0.338. The van der Waals surface area contributed by atoms with Crippen LogP contribution in [0.5, 0.6) is 0 Å². The van der Waals surface area contributed by atoms with Crippen LogP contribution in [0.3, 0.4) is 0 Å². The van der Waals surface area contributed by atoms with E-state index in [1.807, 2.05) is 0 Å². The van der Waals surface area contributed by atoms with E-state index in [-0.39, 0.29) is 23.7 Å². The van der Waals surface area contributed by atoms with Crippen LogP contribution < -0.4 is 5.32 Å². The summed E-state index contributed by atoms with van der Waals surface area (Å²) in [6.07, 6.45) is 3.23. The lowest BCUT2D eigenvalue weighted by molar-refractivity contribution is -0.129. The maximum Gasteiger partial charge on any atom is 0.223 e. The van der Waals surface area contributed by atoms with Crippen molar-refractivity contribution in [3.05, 3.63) is 0 Å². The monoisotopic (exact) mass is 197 g/mol. The number of nitrogens with one attached hydrogen (secondary N) is 1. The fourth-order valence-electron chi connectivity index (χ4n) is 1.96. The highest BCUT2D eigenvalue weighted by atomic mass is 16.2. The van der Waals surface area contributed by atoms with Crippen molar-refractivity contribution in [3.63, 3.8) is 0 Å². The number of ketones is 1. The van der Waals surface area contributed by atoms with Gasteiger partial charge in [0, 0.05) is 5.92 Å². The molecule has 1 saturated carbocycles. The van der Waals surface area contributed by atoms with Gasteiger partial charge in [-0.25, -0.2) is 0 Å². The number of carbonyl (C=O) groups excluding carboxylic acids is 2. The van der Waals surface area contributed by atoms with Crippen LogP contribution in [-0.2, 0) is 9.59 Å². The van der Waals surface area contributed by atoms with Crippen molar-refractivity contribution < 1.29 is 9.59 Å². The molecule has 0 aromatic heterocycles. The molecule has 0 aliphatic heterocycles. The first kappa shape index (κ1) is 11.2. The average Bonchev–Trinajstić information content (AvgIpc) is 2.51. The van der Waals surface area contributed by atoms with Crippen LogP contribution in [0.2, 0.25) is 0 Å². The topological polar surface area (TPSA) is 46.2 Å². The molecule has 14 heavy (non-hydrogen) atoms. The molecule has 1 aliphatic carbocycles. The van der Waals surface area contributed by atoms with Gasteiger partial charge in [0.2, 0.25) is 5.91 Å². The first-order valence-electron chi connectivity index (χ1n) is 5.33. The Hall–Kier alpha value is -0.860. The highest BCUT2D eigenvalue weighted by Gasteiger charge is 2.30. The molecule has 1 amide bonds. The van der Waals surface area contributed by atoms with Crippen molar-refractivity contribution in [3.8, 4) is 0 Å². The summed E-state index contributed by atoms with van der Waals surface area (Å²) in [5.74, 6) is 0.660. The summed E-state index contributed by atoms with van der Waals surface area (Å²) in [6.45, 7) is 5.35. The average molecular weight is 197 g/mol. The highest BCUT2D eigenvalue weighted by molar-refractivity contribution is 5.88. The van der Waals surface area contributed by atoms with Gasteiger partial charge in [-0.3, -0.25) is 9.59 Å². The zero-order valence-corrected chi connectivity index (χ0v) is 9.17. The van der Waals surface area contributed by atoms with Gasteiger partial charge in [0.05, 0.1) is 6.04 Å². The molecule has 0 radical (unpaired) electrons. The molecule has 0 saturated heterocycles. The summed E-state index contributed by atoms with van der Waals surface area (Å²) in [5, 5.41) is 2.76. The van der Waals surface area contributed by atoms with Gasteiger partial charge >= 0.3 is 0 Å². The lowest BCUT2D eigenvalue weighted by atomic mass is 9.97. The van der Waals surface area contributed by atoms with Crippen molar-refractivity contribution in [2.75, 3.05) is 0 Å². The Morgan fingerprint density at radius 1 is 1.36 bits per heavy atom. The van der Waals surface area contributed by atoms with Gasteiger partial charge in [-0.05, 0) is 32.6 Å². The van der Waals surface area contributed by atoms with Crippen molar-refractivity contribution in [1.82, 2.24) is 5.32 Å². The zero-order valence-electron chi connectivity index (χ0n) is 9.17. The van der Waals surface area contributed by atoms with E-state index in [0.29, 0.717) is 5.92 Å². The first-order valence-corrected chi connectivity index (χ1v) is 5.33. The fraction of sp³-hybridized carbons (Fsp3) is 0.818. The normalized spacial score (nSPS) is 28.5. The first-order chi connectivity index (χ1) is 6.52. The van der Waals surface area contributed by atoms with E-state index in [2.05, 4.69) is 12.2 Å². The Balaban J connectivity index is 2.45. The van der Waals surface area contributed by atoms with Crippen molar-refractivity contribution in [2.45, 2.75) is 46.1 Å². The van der Waals surface area contributed by atoms with Crippen LogP contribution in [0.15, 0.2) is 0 Å². The quantitative estimate of drug-likeness (QED) is 0.745. The molecule has 0 spiro atoms. The molecule has 0 heterocycles. The Morgan fingerprint density at radius 3 is 2.43 bits per heavy atom. The van der Waals surface area contributed by atoms with Gasteiger partial charge < -0.3 is 5.32 Å². The van der Waals surface area contributed by atoms with Crippen LogP contribution in [0.4, 0.5) is 0 Å². The molecular formula is C11H19NO2. The van der Waals surface area contributed by atoms with E-state index in [1.165, 1.54) is 6.92 Å². The molecule has 1 rings (SSSR count). The SMILES string of the molecule is CC(=O)C(C)NC(=O)C1CCCC1C. The number of amides is 1. The van der Waals surface area contributed by atoms with Crippen LogP contribution >= 0.6 is 0 Å². The number of rotatable bonds is 3. The zero-order chi connectivity index (χ0) is 10.7. The highest BCUT2D eigenvalue weighted by Crippen LogP contribution is 2.31. The molecule has 3 atom stereocenters. The van der Waals surface area contributed by atoms with Crippen molar-refractivity contribution in [2.24, 2.45) is 11.8 Å². The van der Waals surface area contributed by atoms with Gasteiger partial charge in [0.1, 0.15) is 0 Å². The minimum atomic E-state index is -0.338. The molecule has 80 valence electrons. The summed E-state index contributed by atoms with van der Waals surface area (Å²) in [4.78, 5) is 22.7. The van der Waals surface area contributed by atoms with E-state index < -0.39 is 0 Å². The van der Waals surface area contributed by atoms with E-state index >= 15 is 0 Å². The molecular weight excluding hydrogens is 178 g/mol. The predicted molar refractivity (Wildman–Crippen MR) is 54.8 cm³/mol. The van der Waals surface area contributed by atoms with Gasteiger partial charge in [-0.15, -0.1) is 0 Å². The molecule has 1 N–H and O–H groups in total. The molecule has 1 aliphatic rings. The van der Waals surface area contributed by atoms with Gasteiger partial charge in [0.15, 0.2) is 5.78 Å². The standard InChI is InChI=1S/C11H19NO2/c1-7-5-4-6-10(7)11(14)12-8(2)9(3)13/h7-8,10H,4-6H2,1-3H3,(H,12,14). The smallest absolute Gasteiger partial charge is 0.223 e. The third-order valence-corrected chi connectivity index (χ3v) is 3.17. The fourth-order valence-corrected chi connectivity index (χ4v) is 1.96. The lowest BCUT2D eigenvalue weighted by Crippen LogP contribution is -2.41. The maximum absolute atomic E-state index is 11.7. The third-order valence-electron chi connectivity index (χ3n) is 3.17. The number of Topliss-reactive ketones (excluding diaryl/α,β-unsaturated/α-hetero) is 1. The molecule has 3 nitrogen and oxygen atoms in total. The van der Waals surface area contributed by atoms with Crippen molar-refractivity contribution in [1.29, 1.82) is 0 Å². The Labute approximate surface area is 85.3 Å². The van der Waals surface area contributed by atoms with Crippen LogP contribution in [0, 0.1) is 11.8 Å². The molecule has 3 unspecified atom stereocenters. The van der Waals surface area contributed by atoms with Gasteiger partial charge in [-0.1, -0.05) is 13.3 Å². The van der Waals surface area contributed by atoms with E-state index in [1.54, 1.807) is 6.92 Å². The maximum atomic E-state index is 11.7. The Morgan fingerprint density at radius 2 is 2.00 bits per heavy atom. The number of hydrogen-bond acceptors (Lipinski definition) is 2. The molecule has 1 fully saturated rings. The van der Waals surface area contributed by atoms with Gasteiger partial charge in [0.25, 0.3) is 0 Å².